The van der Waals surface area contributed by atoms with Gasteiger partial charge >= 0.3 is 47.7 Å². The summed E-state index contributed by atoms with van der Waals surface area (Å²) in [6.45, 7) is 0.0672. The van der Waals surface area contributed by atoms with E-state index in [0.29, 0.717) is 122 Å². The predicted octanol–water partition coefficient (Wildman–Crippen LogP) is 1.66. The van der Waals surface area contributed by atoms with Gasteiger partial charge in [-0.25, -0.2) is 19.2 Å². The summed E-state index contributed by atoms with van der Waals surface area (Å²) in [5.74, 6) is -2.68. The van der Waals surface area contributed by atoms with Crippen molar-refractivity contribution in [1.82, 2.24) is 0 Å². The van der Waals surface area contributed by atoms with Crippen LogP contribution >= 0.6 is 0 Å². The van der Waals surface area contributed by atoms with Gasteiger partial charge in [-0.2, -0.15) is 17.6 Å². The molecule has 124 heavy (non-hydrogen) atoms. The number of alkyl halides is 4. The molecular formula is C76H100B25F4O17S2+2. The lowest BCUT2D eigenvalue weighted by atomic mass is 8.35. The smallest absolute Gasteiger partial charge is 0.376 e. The molecule has 2 heterocycles. The Labute approximate surface area is 758 Å². The van der Waals surface area contributed by atoms with Gasteiger partial charge in [0.15, 0.2) is 24.7 Å². The van der Waals surface area contributed by atoms with Gasteiger partial charge in [0, 0.05) is 216 Å². The number of halogens is 4. The monoisotopic (exact) mass is 1700 g/mol. The predicted molar refractivity (Wildman–Crippen MR) is 503 cm³/mol. The molecule has 0 amide bonds. The van der Waals surface area contributed by atoms with E-state index in [-0.39, 0.29) is 48.3 Å². The highest BCUT2D eigenvalue weighted by Crippen LogP contribution is 2.64. The minimum Gasteiger partial charge on any atom is -0.477 e. The summed E-state index contributed by atoms with van der Waals surface area (Å²) in [5, 5.41) is 39.6. The molecule has 2 saturated heterocycles. The number of carboxylic acid groups (broad SMARTS) is 1. The van der Waals surface area contributed by atoms with Crippen LogP contribution in [0.15, 0.2) is 60.7 Å². The molecule has 0 spiro atoms. The Balaban J connectivity index is 0.000000153. The van der Waals surface area contributed by atoms with Crippen molar-refractivity contribution >= 4 is 247 Å². The highest BCUT2D eigenvalue weighted by Gasteiger charge is 2.65. The third kappa shape index (κ3) is 25.3. The van der Waals surface area contributed by atoms with Crippen molar-refractivity contribution in [3.63, 3.8) is 0 Å². The molecule has 2 aromatic rings. The highest BCUT2D eigenvalue weighted by molar-refractivity contribution is 8.24. The first-order valence-corrected chi connectivity index (χ1v) is 47.8. The van der Waals surface area contributed by atoms with E-state index in [9.17, 15) is 71.2 Å². The standard InChI is InChI=1S/C26H34F2O7.C23H32O6.2C12H15OS.C3H4F2O2.B25/c1-23(27,28)21(30)34-20-17-3-14-4-18(20)11-24(5-14,10-17)22(31)33-12-19(29)35-26-8-15-2-16(9-26)7-25(32,6-15)13-26;24-18(29-23-7-14-1-15(8-23)6-22(27,5-14)12-23)11-28-20(26)21-4-13-2-16(9-21)19(25)17(3-13)10-21;2*13-12(10-14-8-4-5-9-14)11-6-2-1-3-7-11;1-3(4,5)2(6)7;1-14-21(15(2)3)24(20(12)13)25(22(16(4)5)17(6)7)23(18(8)9)19(10)11/h14-18,20,32H,2-13H2,1H3;13-17,19,25,27H,1-12H2;2*1-3,6-7H,4-5,8-10H2;1H3,(H,6,7);/q;;2*+1;;. The van der Waals surface area contributed by atoms with Crippen LogP contribution in [0.3, 0.4) is 0 Å². The zero-order valence-electron chi connectivity index (χ0n) is 71.6. The first-order chi connectivity index (χ1) is 58.2. The molecule has 0 aromatic heterocycles. The highest BCUT2D eigenvalue weighted by atomic mass is 32.2. The zero-order chi connectivity index (χ0) is 90.6. The van der Waals surface area contributed by atoms with Crippen LogP contribution in [0.25, 0.3) is 0 Å². The first kappa shape index (κ1) is 101. The Bertz CT molecular complexity index is 3840. The van der Waals surface area contributed by atoms with Gasteiger partial charge in [0.1, 0.15) is 40.3 Å². The molecule has 27 radical (unpaired) electrons. The number of carbonyl (C=O) groups is 8. The number of benzene rings is 2. The van der Waals surface area contributed by atoms with Crippen molar-refractivity contribution in [3.8, 4) is 0 Å². The summed E-state index contributed by atoms with van der Waals surface area (Å²) >= 11 is 0. The molecule has 2 aliphatic heterocycles. The van der Waals surface area contributed by atoms with E-state index in [1.165, 1.54) is 55.8 Å². The molecule has 48 heteroatoms. The number of ether oxygens (including phenoxy) is 5. The molecule has 16 bridgehead atoms. The average Bonchev–Trinajstić information content (AvgIpc) is 0.766. The molecule has 2 aromatic carbocycles. The molecule has 4 N–H and O–H groups in total. The van der Waals surface area contributed by atoms with E-state index >= 15 is 0 Å². The first-order valence-electron chi connectivity index (χ1n) is 44.3. The lowest BCUT2D eigenvalue weighted by Crippen LogP contribution is -2.85. The molecule has 18 fully saturated rings. The Morgan fingerprint density at radius 2 is 0.782 bits per heavy atom. The van der Waals surface area contributed by atoms with Crippen LogP contribution in [0.5, 0.6) is 0 Å². The Morgan fingerprint density at radius 1 is 0.452 bits per heavy atom. The quantitative estimate of drug-likeness (QED) is 0.0236. The molecule has 8 atom stereocenters. The Hall–Kier alpha value is -3.48. The van der Waals surface area contributed by atoms with Gasteiger partial charge in [0.2, 0.25) is 11.6 Å². The molecule has 619 valence electrons. The normalized spacial score (nSPS) is 32.2. The van der Waals surface area contributed by atoms with E-state index in [1.807, 2.05) is 60.7 Å². The number of carbonyl (C=O) groups excluding carboxylic acids is 7. The van der Waals surface area contributed by atoms with E-state index in [2.05, 4.69) is 0 Å². The van der Waals surface area contributed by atoms with Crippen LogP contribution in [0, 0.1) is 70.0 Å². The summed E-state index contributed by atoms with van der Waals surface area (Å²) in [6, 6.07) is 19.3. The van der Waals surface area contributed by atoms with Gasteiger partial charge < -0.3 is 44.1 Å². The topological polar surface area (TPSA) is 264 Å². The molecule has 16 aliphatic carbocycles. The average molecular weight is 1700 g/mol. The number of hydrogen-bond acceptors (Lipinski definition) is 16. The second-order valence-corrected chi connectivity index (χ2v) is 44.3. The van der Waals surface area contributed by atoms with Crippen LogP contribution in [-0.2, 0) is 74.2 Å². The van der Waals surface area contributed by atoms with E-state index in [1.54, 1.807) is 0 Å². The van der Waals surface area contributed by atoms with Crippen LogP contribution in [0.4, 0.5) is 17.6 Å². The maximum Gasteiger partial charge on any atom is 0.376 e. The van der Waals surface area contributed by atoms with Crippen LogP contribution in [-0.4, -0.2) is 340 Å². The van der Waals surface area contributed by atoms with Crippen LogP contribution in [0.2, 0.25) is 0 Å². The number of Topliss-reactive ketones (excluding diaryl/α,β-unsaturated/α-hetero) is 2. The van der Waals surface area contributed by atoms with Gasteiger partial charge in [-0.15, -0.1) is 0 Å². The fourth-order valence-corrected chi connectivity index (χ4v) is 30.1. The number of esters is 5. The van der Waals surface area contributed by atoms with Crippen molar-refractivity contribution in [2.45, 2.75) is 227 Å². The molecule has 8 unspecified atom stereocenters. The summed E-state index contributed by atoms with van der Waals surface area (Å²) in [5.41, 5.74) is -2.15. The number of hydrogen-bond donors (Lipinski definition) is 4. The number of aliphatic carboxylic acids is 1. The van der Waals surface area contributed by atoms with E-state index in [0.717, 1.165) is 119 Å². The molecule has 17 nitrogen and oxygen atoms in total. The third-order valence-corrected chi connectivity index (χ3v) is 34.1. The van der Waals surface area contributed by atoms with Crippen molar-refractivity contribution in [1.29, 1.82) is 0 Å². The third-order valence-electron chi connectivity index (χ3n) is 29.3. The summed E-state index contributed by atoms with van der Waals surface area (Å²) in [6.07, 6.45) is 12.0. The second-order valence-electron chi connectivity index (χ2n) is 39.6. The van der Waals surface area contributed by atoms with Crippen LogP contribution in [0.1, 0.15) is 202 Å². The Morgan fingerprint density at radius 3 is 1.08 bits per heavy atom. The van der Waals surface area contributed by atoms with Gasteiger partial charge in [-0.1, -0.05) is 60.7 Å². The number of ketones is 2. The van der Waals surface area contributed by atoms with Gasteiger partial charge in [0.05, 0.1) is 28.1 Å². The van der Waals surface area contributed by atoms with Crippen molar-refractivity contribution < 1.29 is 100 Å². The molecule has 16 saturated carbocycles. The molecule has 18 aliphatic rings. The van der Waals surface area contributed by atoms with Crippen molar-refractivity contribution in [2.75, 3.05) is 47.7 Å². The summed E-state index contributed by atoms with van der Waals surface area (Å²) in [7, 11) is 78.6. The lowest BCUT2D eigenvalue weighted by Gasteiger charge is -2.59. The minimum absolute atomic E-state index is 0.153. The minimum atomic E-state index is -3.58. The van der Waals surface area contributed by atoms with E-state index < -0.39 is 158 Å². The maximum atomic E-state index is 13.4. The van der Waals surface area contributed by atoms with E-state index in [4.69, 9.17) is 129 Å². The maximum absolute atomic E-state index is 13.4. The van der Waals surface area contributed by atoms with Crippen molar-refractivity contribution in [3.05, 3.63) is 71.8 Å². The second kappa shape index (κ2) is 42.2. The van der Waals surface area contributed by atoms with Gasteiger partial charge in [-0.3, -0.25) is 19.2 Å². The van der Waals surface area contributed by atoms with Gasteiger partial charge in [-0.05, 0) is 235 Å². The number of aliphatic hydroxyl groups is 3. The van der Waals surface area contributed by atoms with Crippen LogP contribution < -0.4 is 0 Å². The molecule has 20 rings (SSSR count). The number of carboxylic acids is 1. The fraction of sp³-hybridized carbons (Fsp3) is 0.737. The summed E-state index contributed by atoms with van der Waals surface area (Å²) < 4.78 is 77.3. The lowest BCUT2D eigenvalue weighted by molar-refractivity contribution is -0.225. The summed E-state index contributed by atoms with van der Waals surface area (Å²) in [4.78, 5) is 96.2. The number of aliphatic hydroxyl groups excluding tert-OH is 1. The largest absolute Gasteiger partial charge is 0.477 e. The van der Waals surface area contributed by atoms with Crippen molar-refractivity contribution in [2.24, 2.45) is 70.0 Å². The molecular weight excluding hydrogens is 1600 g/mol. The fourth-order valence-electron chi connectivity index (χ4n) is 25.6. The number of rotatable bonds is 28. The van der Waals surface area contributed by atoms with Gasteiger partial charge in [0.25, 0.3) is 0 Å². The zero-order valence-corrected chi connectivity index (χ0v) is 73.2. The SMILES string of the molecule is CC(F)(F)C(=O)O.CC(F)(F)C(=O)OC1C2CC3CC1CC(C(=O)OCC(=O)OC14CC5CC(CC(O)(C5)C1)C4)(C3)C2.O=C(COC(=O)C12CC3CC(C1)C(O)C(C3)C2)OC12CC3CC(CC(O)(C3)C1)C2.O=C(C[S+]1CCCC1)c1ccccc1.O=C(C[S+]1CCCC1)c1ccccc1.[B][B]B(B([B])[B])B(B([B])[B])B(B(B([B])[B])B([B])[B])B(B([B])[B])B([B])[B]. The Kier molecular flexibility index (Phi) is 34.4.